The third-order valence-corrected chi connectivity index (χ3v) is 4.15. The van der Waals surface area contributed by atoms with E-state index in [1.165, 1.54) is 11.1 Å². The molecule has 2 N–H and O–H groups in total. The Hall–Kier alpha value is -1.78. The molecule has 0 bridgehead atoms. The molecular formula is C18H26N2O2+2. The van der Waals surface area contributed by atoms with Gasteiger partial charge in [0.2, 0.25) is 0 Å². The van der Waals surface area contributed by atoms with Crippen LogP contribution in [-0.4, -0.2) is 23.4 Å². The summed E-state index contributed by atoms with van der Waals surface area (Å²) in [6.07, 6.45) is 9.77. The second-order valence-corrected chi connectivity index (χ2v) is 5.79. The molecule has 4 heteroatoms. The van der Waals surface area contributed by atoms with Gasteiger partial charge in [0.05, 0.1) is 0 Å². The highest BCUT2D eigenvalue weighted by Crippen LogP contribution is 2.17. The van der Waals surface area contributed by atoms with Gasteiger partial charge in [-0.05, 0) is 25.0 Å². The molecule has 0 aliphatic heterocycles. The summed E-state index contributed by atoms with van der Waals surface area (Å²) in [4.78, 5) is 0. The SMILES string of the molecule is CC(CCO)[n+]1ccc(-c2cc[n+](C(C)CCO)cc2)cc1. The molecule has 0 aromatic carbocycles. The Morgan fingerprint density at radius 2 is 1.05 bits per heavy atom. The summed E-state index contributed by atoms with van der Waals surface area (Å²) in [5.74, 6) is 0. The van der Waals surface area contributed by atoms with Crippen LogP contribution in [0.15, 0.2) is 49.1 Å². The lowest BCUT2D eigenvalue weighted by Gasteiger charge is -2.07. The number of aliphatic hydroxyl groups is 2. The molecule has 0 radical (unpaired) electrons. The molecule has 0 saturated heterocycles. The summed E-state index contributed by atoms with van der Waals surface area (Å²) in [7, 11) is 0. The zero-order chi connectivity index (χ0) is 15.9. The summed E-state index contributed by atoms with van der Waals surface area (Å²) in [6.45, 7) is 4.62. The van der Waals surface area contributed by atoms with E-state index in [1.54, 1.807) is 0 Å². The quantitative estimate of drug-likeness (QED) is 0.767. The number of rotatable bonds is 7. The van der Waals surface area contributed by atoms with Gasteiger partial charge in [-0.1, -0.05) is 0 Å². The van der Waals surface area contributed by atoms with Crippen LogP contribution in [0.4, 0.5) is 0 Å². The molecule has 0 amide bonds. The smallest absolute Gasteiger partial charge is 0.169 e. The maximum absolute atomic E-state index is 9.01. The van der Waals surface area contributed by atoms with Crippen molar-refractivity contribution in [3.8, 4) is 11.1 Å². The lowest BCUT2D eigenvalue weighted by Crippen LogP contribution is -2.37. The molecule has 2 aromatic rings. The van der Waals surface area contributed by atoms with Crippen LogP contribution < -0.4 is 9.13 Å². The molecule has 0 aliphatic carbocycles. The summed E-state index contributed by atoms with van der Waals surface area (Å²) in [5.41, 5.74) is 2.35. The molecule has 0 aliphatic rings. The van der Waals surface area contributed by atoms with Crippen molar-refractivity contribution >= 4 is 0 Å². The van der Waals surface area contributed by atoms with Gasteiger partial charge in [-0.15, -0.1) is 0 Å². The lowest BCUT2D eigenvalue weighted by atomic mass is 10.1. The molecule has 4 nitrogen and oxygen atoms in total. The van der Waals surface area contributed by atoms with Gasteiger partial charge >= 0.3 is 0 Å². The van der Waals surface area contributed by atoms with Gasteiger partial charge in [-0.25, -0.2) is 9.13 Å². The Balaban J connectivity index is 2.11. The first-order valence-corrected chi connectivity index (χ1v) is 7.89. The number of hydrogen-bond donors (Lipinski definition) is 2. The monoisotopic (exact) mass is 302 g/mol. The van der Waals surface area contributed by atoms with Gasteiger partial charge in [0.15, 0.2) is 36.9 Å². The Bertz CT molecular complexity index is 513. The minimum Gasteiger partial charge on any atom is -0.396 e. The molecular weight excluding hydrogens is 276 g/mol. The van der Waals surface area contributed by atoms with Crippen LogP contribution in [0, 0.1) is 0 Å². The molecule has 2 atom stereocenters. The van der Waals surface area contributed by atoms with Crippen molar-refractivity contribution in [3.05, 3.63) is 49.1 Å². The van der Waals surface area contributed by atoms with Crippen molar-refractivity contribution < 1.29 is 19.3 Å². The first kappa shape index (κ1) is 16.6. The zero-order valence-electron chi connectivity index (χ0n) is 13.4. The van der Waals surface area contributed by atoms with Crippen LogP contribution in [0.5, 0.6) is 0 Å². The maximum atomic E-state index is 9.01. The van der Waals surface area contributed by atoms with Crippen LogP contribution in [-0.2, 0) is 0 Å². The number of nitrogens with zero attached hydrogens (tertiary/aromatic N) is 2. The molecule has 118 valence electrons. The summed E-state index contributed by atoms with van der Waals surface area (Å²) >= 11 is 0. The fourth-order valence-corrected chi connectivity index (χ4v) is 2.52. The van der Waals surface area contributed by atoms with Crippen molar-refractivity contribution in [3.63, 3.8) is 0 Å². The average molecular weight is 302 g/mol. The van der Waals surface area contributed by atoms with Gasteiger partial charge in [0.25, 0.3) is 0 Å². The molecule has 0 saturated carbocycles. The topological polar surface area (TPSA) is 48.2 Å². The Morgan fingerprint density at radius 1 is 0.727 bits per heavy atom. The van der Waals surface area contributed by atoms with Gasteiger partial charge in [-0.3, -0.25) is 0 Å². The van der Waals surface area contributed by atoms with Crippen LogP contribution in [0.1, 0.15) is 38.8 Å². The summed E-state index contributed by atoms with van der Waals surface area (Å²) in [5, 5.41) is 18.0. The minimum absolute atomic E-state index is 0.209. The molecule has 2 rings (SSSR count). The lowest BCUT2D eigenvalue weighted by molar-refractivity contribution is -0.720. The van der Waals surface area contributed by atoms with E-state index in [1.807, 2.05) is 0 Å². The highest BCUT2D eigenvalue weighted by Gasteiger charge is 2.13. The van der Waals surface area contributed by atoms with E-state index in [9.17, 15) is 0 Å². The molecule has 2 aromatic heterocycles. The third kappa shape index (κ3) is 4.12. The standard InChI is InChI=1S/C18H26N2O2/c1-15(7-13-21)19-9-3-17(4-10-19)18-5-11-20(12-6-18)16(2)8-14-22/h3-6,9-12,15-16,21-22H,7-8,13-14H2,1-2H3/q+2. The Morgan fingerprint density at radius 3 is 1.32 bits per heavy atom. The van der Waals surface area contributed by atoms with Crippen molar-refractivity contribution in [2.75, 3.05) is 13.2 Å². The minimum atomic E-state index is 0.209. The van der Waals surface area contributed by atoms with E-state index in [0.717, 1.165) is 12.8 Å². The van der Waals surface area contributed by atoms with Gasteiger partial charge in [0.1, 0.15) is 0 Å². The molecule has 2 unspecified atom stereocenters. The Labute approximate surface area is 132 Å². The normalized spacial score (nSPS) is 13.8. The summed E-state index contributed by atoms with van der Waals surface area (Å²) < 4.78 is 4.23. The maximum Gasteiger partial charge on any atom is 0.169 e. The van der Waals surface area contributed by atoms with E-state index in [2.05, 4.69) is 72.0 Å². The third-order valence-electron chi connectivity index (χ3n) is 4.15. The number of hydrogen-bond acceptors (Lipinski definition) is 2. The molecule has 22 heavy (non-hydrogen) atoms. The van der Waals surface area contributed by atoms with Gasteiger partial charge in [0, 0.05) is 50.3 Å². The highest BCUT2D eigenvalue weighted by atomic mass is 16.3. The predicted octanol–water partition coefficient (Wildman–Crippen LogP) is 1.82. The molecule has 2 heterocycles. The first-order valence-electron chi connectivity index (χ1n) is 7.89. The average Bonchev–Trinajstić information content (AvgIpc) is 2.55. The Kier molecular flexibility index (Phi) is 6.04. The van der Waals surface area contributed by atoms with Crippen LogP contribution >= 0.6 is 0 Å². The van der Waals surface area contributed by atoms with Crippen molar-refractivity contribution in [2.45, 2.75) is 38.8 Å². The van der Waals surface area contributed by atoms with Gasteiger partial charge in [-0.2, -0.15) is 0 Å². The van der Waals surface area contributed by atoms with Gasteiger partial charge < -0.3 is 10.2 Å². The highest BCUT2D eigenvalue weighted by molar-refractivity contribution is 5.60. The van der Waals surface area contributed by atoms with E-state index in [0.29, 0.717) is 12.1 Å². The van der Waals surface area contributed by atoms with Crippen LogP contribution in [0.3, 0.4) is 0 Å². The van der Waals surface area contributed by atoms with E-state index >= 15 is 0 Å². The predicted molar refractivity (Wildman–Crippen MR) is 85.1 cm³/mol. The van der Waals surface area contributed by atoms with E-state index in [-0.39, 0.29) is 13.2 Å². The van der Waals surface area contributed by atoms with Crippen molar-refractivity contribution in [1.29, 1.82) is 0 Å². The molecule has 0 fully saturated rings. The fourth-order valence-electron chi connectivity index (χ4n) is 2.52. The van der Waals surface area contributed by atoms with E-state index in [4.69, 9.17) is 10.2 Å². The number of aromatic nitrogens is 2. The van der Waals surface area contributed by atoms with Crippen LogP contribution in [0.25, 0.3) is 11.1 Å². The first-order chi connectivity index (χ1) is 10.7. The largest absolute Gasteiger partial charge is 0.396 e. The van der Waals surface area contributed by atoms with E-state index < -0.39 is 0 Å². The zero-order valence-corrected chi connectivity index (χ0v) is 13.4. The number of pyridine rings is 2. The fraction of sp³-hybridized carbons (Fsp3) is 0.444. The second-order valence-electron chi connectivity index (χ2n) is 5.79. The molecule has 0 spiro atoms. The van der Waals surface area contributed by atoms with Crippen molar-refractivity contribution in [1.82, 2.24) is 0 Å². The number of aliphatic hydroxyl groups excluding tert-OH is 2. The van der Waals surface area contributed by atoms with Crippen LogP contribution in [0.2, 0.25) is 0 Å². The van der Waals surface area contributed by atoms with Crippen molar-refractivity contribution in [2.24, 2.45) is 0 Å². The summed E-state index contributed by atoms with van der Waals surface area (Å²) in [6, 6.07) is 9.01. The second kappa shape index (κ2) is 8.01.